The number of hydrogen-bond acceptors (Lipinski definition) is 2. The second-order valence-electron chi connectivity index (χ2n) is 4.65. The van der Waals surface area contributed by atoms with Crippen LogP contribution in [0.15, 0.2) is 66.7 Å². The first kappa shape index (κ1) is 14.5. The summed E-state index contributed by atoms with van der Waals surface area (Å²) in [5.41, 5.74) is 0. The molecular weight excluding hydrogens is 394 g/mol. The average Bonchev–Trinajstić information content (AvgIpc) is 2.53. The van der Waals surface area contributed by atoms with E-state index in [1.54, 1.807) is 5.82 Å². The Morgan fingerprint density at radius 3 is 1.95 bits per heavy atom. The fourth-order valence-electron chi connectivity index (χ4n) is 2.34. The molecule has 0 bridgehead atoms. The summed E-state index contributed by atoms with van der Waals surface area (Å²) in [4.78, 5) is 0. The molecule has 0 aliphatic carbocycles. The summed E-state index contributed by atoms with van der Waals surface area (Å²) in [6, 6.07) is 21.1. The zero-order valence-electron chi connectivity index (χ0n) is 11.5. The van der Waals surface area contributed by atoms with Gasteiger partial charge in [-0.1, -0.05) is 0 Å². The zero-order valence-corrected chi connectivity index (χ0v) is 14.9. The maximum atomic E-state index is 13.0. The van der Waals surface area contributed by atoms with Crippen LogP contribution in [0.25, 0.3) is 10.8 Å². The number of rotatable bonds is 3. The van der Waals surface area contributed by atoms with Crippen molar-refractivity contribution in [2.45, 2.75) is 5.82 Å². The summed E-state index contributed by atoms with van der Waals surface area (Å²) in [6.07, 6.45) is 0. The second-order valence-corrected chi connectivity index (χ2v) is 10.5. The van der Waals surface area contributed by atoms with E-state index >= 15 is 0 Å². The molecule has 3 aromatic rings. The quantitative estimate of drug-likeness (QED) is 0.618. The molecule has 0 N–H and O–H groups in total. The molecule has 0 spiro atoms. The Hall–Kier alpha value is -1.44. The molecule has 21 heavy (non-hydrogen) atoms. The van der Waals surface area contributed by atoms with E-state index in [1.807, 2.05) is 66.7 Å². The van der Waals surface area contributed by atoms with Crippen molar-refractivity contribution in [1.82, 2.24) is 0 Å². The molecule has 0 saturated carbocycles. The van der Waals surface area contributed by atoms with Gasteiger partial charge in [0, 0.05) is 0 Å². The SMILES string of the molecule is C[Se](=O)c1cccc2cccc([Se](=O)c3ccccc3)c12. The van der Waals surface area contributed by atoms with Gasteiger partial charge in [0.1, 0.15) is 0 Å². The molecule has 2 nitrogen and oxygen atoms in total. The molecule has 0 aliphatic heterocycles. The van der Waals surface area contributed by atoms with E-state index < -0.39 is 27.7 Å². The number of hydrogen-bond donors (Lipinski definition) is 0. The van der Waals surface area contributed by atoms with E-state index in [1.165, 1.54) is 0 Å². The second kappa shape index (κ2) is 6.13. The average molecular weight is 408 g/mol. The van der Waals surface area contributed by atoms with Gasteiger partial charge in [-0.15, -0.1) is 0 Å². The van der Waals surface area contributed by atoms with Gasteiger partial charge in [0.25, 0.3) is 0 Å². The Balaban J connectivity index is 2.28. The van der Waals surface area contributed by atoms with Crippen LogP contribution in [0.1, 0.15) is 0 Å². The minimum absolute atomic E-state index is 0.834. The monoisotopic (exact) mass is 410 g/mol. The predicted molar refractivity (Wildman–Crippen MR) is 88.0 cm³/mol. The topological polar surface area (TPSA) is 34.1 Å². The van der Waals surface area contributed by atoms with Crippen molar-refractivity contribution in [3.05, 3.63) is 66.7 Å². The third-order valence-corrected chi connectivity index (χ3v) is 8.33. The molecule has 2 atom stereocenters. The van der Waals surface area contributed by atoms with Crippen LogP contribution in [0.4, 0.5) is 0 Å². The van der Waals surface area contributed by atoms with Gasteiger partial charge in [0.2, 0.25) is 0 Å². The van der Waals surface area contributed by atoms with Crippen molar-refractivity contribution in [2.75, 3.05) is 0 Å². The standard InChI is InChI=1S/C17H14O2Se2/c1-20(18)15-11-5-7-13-8-6-12-16(17(13)15)21(19)14-9-3-2-4-10-14/h2-12H,1H3. The van der Waals surface area contributed by atoms with Crippen LogP contribution >= 0.6 is 0 Å². The van der Waals surface area contributed by atoms with Gasteiger partial charge in [-0.2, -0.15) is 0 Å². The molecule has 0 amide bonds. The van der Waals surface area contributed by atoms with Gasteiger partial charge in [-0.3, -0.25) is 0 Å². The summed E-state index contributed by atoms with van der Waals surface area (Å²) in [6.45, 7) is 0. The summed E-state index contributed by atoms with van der Waals surface area (Å²) < 4.78 is 27.6. The maximum absolute atomic E-state index is 13.0. The van der Waals surface area contributed by atoms with Crippen molar-refractivity contribution in [3.63, 3.8) is 0 Å². The molecule has 0 heterocycles. The number of fused-ring (bicyclic) bond motifs is 1. The molecule has 2 unspecified atom stereocenters. The first-order valence-corrected chi connectivity index (χ1v) is 12.2. The summed E-state index contributed by atoms with van der Waals surface area (Å²) in [5, 5.41) is 1.93. The molecule has 106 valence electrons. The van der Waals surface area contributed by atoms with Crippen molar-refractivity contribution >= 4 is 51.8 Å². The molecule has 4 heteroatoms. The normalized spacial score (nSPS) is 14.0. The van der Waals surface area contributed by atoms with Crippen LogP contribution in [0, 0.1) is 0 Å². The van der Waals surface area contributed by atoms with E-state index in [9.17, 15) is 7.67 Å². The fraction of sp³-hybridized carbons (Fsp3) is 0.0588. The van der Waals surface area contributed by atoms with Gasteiger partial charge in [0.05, 0.1) is 0 Å². The van der Waals surface area contributed by atoms with Gasteiger partial charge >= 0.3 is 132 Å². The molecule has 0 fully saturated rings. The molecular formula is C17H14O2Se2. The van der Waals surface area contributed by atoms with Crippen molar-refractivity contribution in [1.29, 1.82) is 0 Å². The van der Waals surface area contributed by atoms with Gasteiger partial charge in [-0.25, -0.2) is 0 Å². The molecule has 0 saturated heterocycles. The predicted octanol–water partition coefficient (Wildman–Crippen LogP) is 1.63. The first-order chi connectivity index (χ1) is 10.2. The first-order valence-electron chi connectivity index (χ1n) is 6.50. The molecule has 0 radical (unpaired) electrons. The Morgan fingerprint density at radius 2 is 1.33 bits per heavy atom. The van der Waals surface area contributed by atoms with Crippen LogP contribution in [-0.4, -0.2) is 27.7 Å². The van der Waals surface area contributed by atoms with Crippen LogP contribution in [0.2, 0.25) is 5.82 Å². The van der Waals surface area contributed by atoms with E-state index in [0.717, 1.165) is 24.2 Å². The van der Waals surface area contributed by atoms with Crippen LogP contribution < -0.4 is 13.4 Å². The third kappa shape index (κ3) is 2.81. The number of benzene rings is 3. The minimum atomic E-state index is -2.35. The van der Waals surface area contributed by atoms with E-state index in [0.29, 0.717) is 0 Å². The van der Waals surface area contributed by atoms with Gasteiger partial charge < -0.3 is 0 Å². The van der Waals surface area contributed by atoms with Crippen molar-refractivity contribution < 1.29 is 7.67 Å². The van der Waals surface area contributed by atoms with Crippen molar-refractivity contribution in [3.8, 4) is 0 Å². The molecule has 3 aromatic carbocycles. The Labute approximate surface area is 132 Å². The molecule has 3 rings (SSSR count). The summed E-state index contributed by atoms with van der Waals surface area (Å²) >= 11 is -4.43. The van der Waals surface area contributed by atoms with E-state index in [2.05, 4.69) is 0 Å². The Morgan fingerprint density at radius 1 is 0.714 bits per heavy atom. The van der Waals surface area contributed by atoms with Gasteiger partial charge in [0.15, 0.2) is 0 Å². The van der Waals surface area contributed by atoms with Crippen LogP contribution in [0.5, 0.6) is 0 Å². The van der Waals surface area contributed by atoms with Gasteiger partial charge in [-0.05, 0) is 0 Å². The third-order valence-electron chi connectivity index (χ3n) is 3.29. The molecule has 0 aromatic heterocycles. The molecule has 0 aliphatic rings. The van der Waals surface area contributed by atoms with Crippen molar-refractivity contribution in [2.24, 2.45) is 0 Å². The Bertz CT molecular complexity index is 837. The van der Waals surface area contributed by atoms with Crippen LogP contribution in [-0.2, 0) is 7.67 Å². The summed E-state index contributed by atoms with van der Waals surface area (Å²) in [5.74, 6) is 1.76. The van der Waals surface area contributed by atoms with Crippen LogP contribution in [0.3, 0.4) is 0 Å². The zero-order chi connectivity index (χ0) is 14.8. The van der Waals surface area contributed by atoms with E-state index in [4.69, 9.17) is 0 Å². The summed E-state index contributed by atoms with van der Waals surface area (Å²) in [7, 11) is 0. The fourth-order valence-corrected chi connectivity index (χ4v) is 6.99. The Kier molecular flexibility index (Phi) is 4.23. The van der Waals surface area contributed by atoms with E-state index in [-0.39, 0.29) is 0 Å².